The predicted molar refractivity (Wildman–Crippen MR) is 78.9 cm³/mol. The Hall–Kier alpha value is -2.16. The van der Waals surface area contributed by atoms with Crippen LogP contribution in [0.15, 0.2) is 48.7 Å². The van der Waals surface area contributed by atoms with Gasteiger partial charge >= 0.3 is 0 Å². The van der Waals surface area contributed by atoms with Gasteiger partial charge in [-0.3, -0.25) is 9.78 Å². The molecule has 20 heavy (non-hydrogen) atoms. The highest BCUT2D eigenvalue weighted by atomic mass is 16.1. The van der Waals surface area contributed by atoms with E-state index < -0.39 is 0 Å². The van der Waals surface area contributed by atoms with Gasteiger partial charge in [-0.25, -0.2) is 0 Å². The number of nitrogens with zero attached hydrogens (tertiary/aromatic N) is 1. The highest BCUT2D eigenvalue weighted by Gasteiger charge is 2.24. The third kappa shape index (κ3) is 2.72. The van der Waals surface area contributed by atoms with Gasteiger partial charge in [-0.2, -0.15) is 0 Å². The summed E-state index contributed by atoms with van der Waals surface area (Å²) < 4.78 is 0. The molecule has 0 aliphatic heterocycles. The molecule has 3 rings (SSSR count). The van der Waals surface area contributed by atoms with Crippen molar-refractivity contribution in [3.05, 3.63) is 54.2 Å². The Morgan fingerprint density at radius 2 is 1.95 bits per heavy atom. The van der Waals surface area contributed by atoms with Gasteiger partial charge in [0, 0.05) is 24.2 Å². The van der Waals surface area contributed by atoms with Gasteiger partial charge in [0.05, 0.1) is 5.69 Å². The Balaban J connectivity index is 1.74. The molecule has 1 N–H and O–H groups in total. The van der Waals surface area contributed by atoms with Crippen LogP contribution in [-0.2, 0) is 11.3 Å². The monoisotopic (exact) mass is 266 g/mol. The van der Waals surface area contributed by atoms with Crippen molar-refractivity contribution in [1.82, 2.24) is 10.3 Å². The van der Waals surface area contributed by atoms with Crippen LogP contribution in [0.1, 0.15) is 24.8 Å². The van der Waals surface area contributed by atoms with Crippen molar-refractivity contribution in [2.45, 2.75) is 25.8 Å². The number of hydrogen-bond acceptors (Lipinski definition) is 2. The van der Waals surface area contributed by atoms with Gasteiger partial charge < -0.3 is 5.32 Å². The molecule has 0 saturated heterocycles. The van der Waals surface area contributed by atoms with Crippen LogP contribution in [-0.4, -0.2) is 10.9 Å². The molecular formula is C17H18N2O. The van der Waals surface area contributed by atoms with Crippen LogP contribution >= 0.6 is 0 Å². The van der Waals surface area contributed by atoms with Crippen molar-refractivity contribution < 1.29 is 4.79 Å². The van der Waals surface area contributed by atoms with E-state index in [2.05, 4.69) is 10.3 Å². The van der Waals surface area contributed by atoms with Crippen LogP contribution in [0.25, 0.3) is 11.3 Å². The smallest absolute Gasteiger partial charge is 0.223 e. The molecule has 3 heteroatoms. The summed E-state index contributed by atoms with van der Waals surface area (Å²) in [4.78, 5) is 16.4. The molecule has 1 aliphatic carbocycles. The van der Waals surface area contributed by atoms with Crippen molar-refractivity contribution in [3.63, 3.8) is 0 Å². The predicted octanol–water partition coefficient (Wildman–Crippen LogP) is 3.16. The molecule has 1 aromatic heterocycles. The summed E-state index contributed by atoms with van der Waals surface area (Å²) in [6.07, 6.45) is 5.04. The van der Waals surface area contributed by atoms with E-state index in [0.29, 0.717) is 6.54 Å². The Bertz CT molecular complexity index is 591. The lowest BCUT2D eigenvalue weighted by Gasteiger charge is -2.24. The number of benzene rings is 1. The Morgan fingerprint density at radius 3 is 2.65 bits per heavy atom. The quantitative estimate of drug-likeness (QED) is 0.923. The molecule has 1 amide bonds. The van der Waals surface area contributed by atoms with Crippen molar-refractivity contribution in [3.8, 4) is 11.3 Å². The molecule has 1 aliphatic rings. The standard InChI is InChI=1S/C17H18N2O/c20-17(14-8-4-9-14)19-12-15-10-5-11-18-16(15)13-6-2-1-3-7-13/h1-3,5-7,10-11,14H,4,8-9,12H2,(H,19,20). The van der Waals surface area contributed by atoms with Gasteiger partial charge in [-0.05, 0) is 24.5 Å². The van der Waals surface area contributed by atoms with Crippen molar-refractivity contribution in [1.29, 1.82) is 0 Å². The molecule has 1 fully saturated rings. The maximum Gasteiger partial charge on any atom is 0.223 e. The first-order valence-electron chi connectivity index (χ1n) is 7.11. The van der Waals surface area contributed by atoms with Crippen LogP contribution in [0.3, 0.4) is 0 Å². The second-order valence-electron chi connectivity index (χ2n) is 5.22. The molecule has 0 bridgehead atoms. The summed E-state index contributed by atoms with van der Waals surface area (Å²) in [6, 6.07) is 14.0. The molecule has 3 nitrogen and oxygen atoms in total. The minimum atomic E-state index is 0.180. The zero-order chi connectivity index (χ0) is 13.8. The minimum absolute atomic E-state index is 0.180. The van der Waals surface area contributed by atoms with Crippen LogP contribution < -0.4 is 5.32 Å². The van der Waals surface area contributed by atoms with Crippen LogP contribution in [0.5, 0.6) is 0 Å². The Labute approximate surface area is 119 Å². The molecule has 1 saturated carbocycles. The first-order valence-corrected chi connectivity index (χ1v) is 7.11. The van der Waals surface area contributed by atoms with E-state index in [1.54, 1.807) is 6.20 Å². The average molecular weight is 266 g/mol. The zero-order valence-electron chi connectivity index (χ0n) is 11.4. The highest BCUT2D eigenvalue weighted by molar-refractivity contribution is 5.79. The lowest BCUT2D eigenvalue weighted by molar-refractivity contribution is -0.127. The summed E-state index contributed by atoms with van der Waals surface area (Å²) in [5, 5.41) is 3.03. The first-order chi connectivity index (χ1) is 9.84. The van der Waals surface area contributed by atoms with E-state index in [0.717, 1.165) is 29.7 Å². The summed E-state index contributed by atoms with van der Waals surface area (Å²) in [6.45, 7) is 0.549. The lowest BCUT2D eigenvalue weighted by atomic mass is 9.85. The Kier molecular flexibility index (Phi) is 3.77. The number of carbonyl (C=O) groups excluding carboxylic acids is 1. The maximum absolute atomic E-state index is 11.9. The third-order valence-corrected chi connectivity index (χ3v) is 3.87. The van der Waals surface area contributed by atoms with E-state index >= 15 is 0 Å². The number of rotatable bonds is 4. The SMILES string of the molecule is O=C(NCc1cccnc1-c1ccccc1)C1CCC1. The van der Waals surface area contributed by atoms with E-state index in [1.807, 2.05) is 42.5 Å². The maximum atomic E-state index is 11.9. The second-order valence-corrected chi connectivity index (χ2v) is 5.22. The molecule has 1 aromatic carbocycles. The summed E-state index contributed by atoms with van der Waals surface area (Å²) in [5.74, 6) is 0.408. The van der Waals surface area contributed by atoms with Crippen molar-refractivity contribution in [2.24, 2.45) is 5.92 Å². The average Bonchev–Trinajstić information content (AvgIpc) is 2.44. The third-order valence-electron chi connectivity index (χ3n) is 3.87. The number of amides is 1. The molecule has 1 heterocycles. The lowest BCUT2D eigenvalue weighted by Crippen LogP contribution is -2.34. The fourth-order valence-corrected chi connectivity index (χ4v) is 2.43. The highest BCUT2D eigenvalue weighted by Crippen LogP contribution is 2.26. The topological polar surface area (TPSA) is 42.0 Å². The van der Waals surface area contributed by atoms with Gasteiger partial charge in [0.2, 0.25) is 5.91 Å². The number of pyridine rings is 1. The van der Waals surface area contributed by atoms with Gasteiger partial charge in [-0.1, -0.05) is 42.8 Å². The summed E-state index contributed by atoms with van der Waals surface area (Å²) in [7, 11) is 0. The van der Waals surface area contributed by atoms with E-state index in [1.165, 1.54) is 6.42 Å². The fourth-order valence-electron chi connectivity index (χ4n) is 2.43. The van der Waals surface area contributed by atoms with E-state index in [4.69, 9.17) is 0 Å². The largest absolute Gasteiger partial charge is 0.352 e. The normalized spacial score (nSPS) is 14.6. The first kappa shape index (κ1) is 12.9. The molecule has 0 unspecified atom stereocenters. The number of carbonyl (C=O) groups is 1. The number of aromatic nitrogens is 1. The van der Waals surface area contributed by atoms with Gasteiger partial charge in [0.15, 0.2) is 0 Å². The van der Waals surface area contributed by atoms with Gasteiger partial charge in [0.1, 0.15) is 0 Å². The van der Waals surface area contributed by atoms with Crippen molar-refractivity contribution >= 4 is 5.91 Å². The Morgan fingerprint density at radius 1 is 1.15 bits per heavy atom. The van der Waals surface area contributed by atoms with Crippen LogP contribution in [0.4, 0.5) is 0 Å². The summed E-state index contributed by atoms with van der Waals surface area (Å²) in [5.41, 5.74) is 3.09. The molecule has 0 radical (unpaired) electrons. The van der Waals surface area contributed by atoms with Crippen LogP contribution in [0, 0.1) is 5.92 Å². The molecule has 102 valence electrons. The number of hydrogen-bond donors (Lipinski definition) is 1. The minimum Gasteiger partial charge on any atom is -0.352 e. The van der Waals surface area contributed by atoms with E-state index in [-0.39, 0.29) is 11.8 Å². The number of nitrogens with one attached hydrogen (secondary N) is 1. The molecule has 0 atom stereocenters. The van der Waals surface area contributed by atoms with Gasteiger partial charge in [0.25, 0.3) is 0 Å². The van der Waals surface area contributed by atoms with E-state index in [9.17, 15) is 4.79 Å². The zero-order valence-corrected chi connectivity index (χ0v) is 11.4. The molecular weight excluding hydrogens is 248 g/mol. The van der Waals surface area contributed by atoms with Crippen LogP contribution in [0.2, 0.25) is 0 Å². The van der Waals surface area contributed by atoms with Gasteiger partial charge in [-0.15, -0.1) is 0 Å². The van der Waals surface area contributed by atoms with Crippen molar-refractivity contribution in [2.75, 3.05) is 0 Å². The second kappa shape index (κ2) is 5.87. The summed E-state index contributed by atoms with van der Waals surface area (Å²) >= 11 is 0. The molecule has 2 aromatic rings. The molecule has 0 spiro atoms. The fraction of sp³-hybridized carbons (Fsp3) is 0.294.